The summed E-state index contributed by atoms with van der Waals surface area (Å²) >= 11 is 16.9. The highest BCUT2D eigenvalue weighted by Crippen LogP contribution is 2.39. The summed E-state index contributed by atoms with van der Waals surface area (Å²) in [6.45, 7) is 0. The number of nitriles is 1. The van der Waals surface area contributed by atoms with Gasteiger partial charge in [0.15, 0.2) is 0 Å². The van der Waals surface area contributed by atoms with Gasteiger partial charge in [0.25, 0.3) is 0 Å². The minimum atomic E-state index is -1.52. The molecule has 0 atom stereocenters. The molecule has 0 aliphatic heterocycles. The van der Waals surface area contributed by atoms with Crippen LogP contribution in [0, 0.1) is 11.3 Å². The Bertz CT molecular complexity index is 322. The Labute approximate surface area is 85.5 Å². The van der Waals surface area contributed by atoms with Crippen molar-refractivity contribution < 1.29 is 0 Å². The Kier molecular flexibility index (Phi) is 2.85. The monoisotopic (exact) mass is 219 g/mol. The topological polar surface area (TPSA) is 23.8 Å². The van der Waals surface area contributed by atoms with Crippen LogP contribution in [0.25, 0.3) is 0 Å². The normalized spacial score (nSPS) is 10.8. The van der Waals surface area contributed by atoms with Crippen molar-refractivity contribution in [1.29, 1.82) is 5.26 Å². The third-order valence-corrected chi connectivity index (χ3v) is 1.96. The molecule has 62 valence electrons. The van der Waals surface area contributed by atoms with Gasteiger partial charge in [0.2, 0.25) is 3.79 Å². The fourth-order valence-electron chi connectivity index (χ4n) is 0.828. The maximum atomic E-state index is 8.66. The van der Waals surface area contributed by atoms with E-state index in [0.29, 0.717) is 11.1 Å². The lowest BCUT2D eigenvalue weighted by Gasteiger charge is -2.11. The first-order chi connectivity index (χ1) is 5.55. The maximum absolute atomic E-state index is 8.66. The number of nitrogens with zero attached hydrogens (tertiary/aromatic N) is 1. The molecule has 0 saturated carbocycles. The van der Waals surface area contributed by atoms with Gasteiger partial charge in [0, 0.05) is 5.56 Å². The Morgan fingerprint density at radius 2 is 1.75 bits per heavy atom. The lowest BCUT2D eigenvalue weighted by Crippen LogP contribution is -2.02. The van der Waals surface area contributed by atoms with Crippen molar-refractivity contribution in [2.45, 2.75) is 3.79 Å². The van der Waals surface area contributed by atoms with Gasteiger partial charge in [0.1, 0.15) is 0 Å². The molecule has 4 heteroatoms. The molecule has 12 heavy (non-hydrogen) atoms. The molecule has 1 rings (SSSR count). The summed E-state index contributed by atoms with van der Waals surface area (Å²) in [5.74, 6) is 0. The number of benzene rings is 1. The highest BCUT2D eigenvalue weighted by molar-refractivity contribution is 6.66. The van der Waals surface area contributed by atoms with Crippen molar-refractivity contribution in [3.63, 3.8) is 0 Å². The molecule has 1 aromatic rings. The Morgan fingerprint density at radius 3 is 2.17 bits per heavy atom. The van der Waals surface area contributed by atoms with Gasteiger partial charge in [-0.05, 0) is 6.07 Å². The highest BCUT2D eigenvalue weighted by Gasteiger charge is 2.25. The van der Waals surface area contributed by atoms with Crippen molar-refractivity contribution >= 4 is 34.8 Å². The van der Waals surface area contributed by atoms with E-state index >= 15 is 0 Å². The van der Waals surface area contributed by atoms with Crippen LogP contribution in [-0.2, 0) is 3.79 Å². The van der Waals surface area contributed by atoms with Crippen LogP contribution in [0.1, 0.15) is 11.1 Å². The van der Waals surface area contributed by atoms with Gasteiger partial charge >= 0.3 is 0 Å². The Morgan fingerprint density at radius 1 is 1.17 bits per heavy atom. The summed E-state index contributed by atoms with van der Waals surface area (Å²) < 4.78 is -1.52. The molecule has 0 fully saturated rings. The van der Waals surface area contributed by atoms with E-state index in [1.54, 1.807) is 24.3 Å². The van der Waals surface area contributed by atoms with Crippen molar-refractivity contribution in [3.8, 4) is 6.07 Å². The van der Waals surface area contributed by atoms with E-state index in [2.05, 4.69) is 0 Å². The highest BCUT2D eigenvalue weighted by atomic mass is 35.6. The fraction of sp³-hybridized carbons (Fsp3) is 0.125. The van der Waals surface area contributed by atoms with E-state index in [1.807, 2.05) is 6.07 Å². The lowest BCUT2D eigenvalue weighted by atomic mass is 10.1. The van der Waals surface area contributed by atoms with E-state index in [9.17, 15) is 0 Å². The predicted molar refractivity (Wildman–Crippen MR) is 50.4 cm³/mol. The van der Waals surface area contributed by atoms with Crippen molar-refractivity contribution in [2.24, 2.45) is 0 Å². The molecule has 0 aliphatic carbocycles. The number of halogens is 3. The molecular weight excluding hydrogens is 216 g/mol. The quantitative estimate of drug-likeness (QED) is 0.615. The smallest absolute Gasteiger partial charge is 0.192 e. The van der Waals surface area contributed by atoms with Gasteiger partial charge in [-0.15, -0.1) is 0 Å². The van der Waals surface area contributed by atoms with Gasteiger partial charge in [-0.25, -0.2) is 0 Å². The van der Waals surface area contributed by atoms with Gasteiger partial charge in [-0.1, -0.05) is 53.0 Å². The van der Waals surface area contributed by atoms with Gasteiger partial charge in [0.05, 0.1) is 11.6 Å². The molecule has 0 bridgehead atoms. The predicted octanol–water partition coefficient (Wildman–Crippen LogP) is 3.38. The van der Waals surface area contributed by atoms with E-state index in [4.69, 9.17) is 40.1 Å². The van der Waals surface area contributed by atoms with Crippen LogP contribution < -0.4 is 0 Å². The Hall–Kier alpha value is -0.420. The number of rotatable bonds is 0. The van der Waals surface area contributed by atoms with E-state index < -0.39 is 3.79 Å². The molecule has 0 unspecified atom stereocenters. The summed E-state index contributed by atoms with van der Waals surface area (Å²) in [6, 6.07) is 8.61. The zero-order valence-electron chi connectivity index (χ0n) is 5.89. The summed E-state index contributed by atoms with van der Waals surface area (Å²) in [5, 5.41) is 8.66. The average Bonchev–Trinajstić information content (AvgIpc) is 2.03. The first kappa shape index (κ1) is 9.67. The third-order valence-electron chi connectivity index (χ3n) is 1.35. The molecule has 0 saturated heterocycles. The molecule has 1 aromatic carbocycles. The molecule has 1 nitrogen and oxygen atoms in total. The van der Waals surface area contributed by atoms with Crippen molar-refractivity contribution in [2.75, 3.05) is 0 Å². The number of hydrogen-bond donors (Lipinski definition) is 0. The number of alkyl halides is 3. The second-order valence-corrected chi connectivity index (χ2v) is 4.44. The van der Waals surface area contributed by atoms with E-state index in [0.717, 1.165) is 0 Å². The largest absolute Gasteiger partial charge is 0.217 e. The van der Waals surface area contributed by atoms with Gasteiger partial charge in [-0.2, -0.15) is 5.26 Å². The van der Waals surface area contributed by atoms with E-state index in [-0.39, 0.29) is 0 Å². The average molecular weight is 220 g/mol. The summed E-state index contributed by atoms with van der Waals surface area (Å²) in [4.78, 5) is 0. The molecular formula is C8H4Cl3N. The first-order valence-electron chi connectivity index (χ1n) is 3.12. The third kappa shape index (κ3) is 2.04. The van der Waals surface area contributed by atoms with Crippen LogP contribution in [0.2, 0.25) is 0 Å². The molecule has 0 radical (unpaired) electrons. The molecule has 0 aliphatic rings. The van der Waals surface area contributed by atoms with Crippen LogP contribution in [0.5, 0.6) is 0 Å². The molecule has 0 spiro atoms. The van der Waals surface area contributed by atoms with Crippen LogP contribution in [0.4, 0.5) is 0 Å². The zero-order chi connectivity index (χ0) is 9.19. The second-order valence-electron chi connectivity index (χ2n) is 2.16. The van der Waals surface area contributed by atoms with Crippen LogP contribution in [-0.4, -0.2) is 0 Å². The zero-order valence-corrected chi connectivity index (χ0v) is 8.16. The van der Waals surface area contributed by atoms with Crippen LogP contribution >= 0.6 is 34.8 Å². The fourth-order valence-corrected chi connectivity index (χ4v) is 1.32. The molecule has 0 aromatic heterocycles. The standard InChI is InChI=1S/C8H4Cl3N/c9-8(10,11)7-4-2-1-3-6(7)5-12/h1-4H. The first-order valence-corrected chi connectivity index (χ1v) is 4.25. The van der Waals surface area contributed by atoms with Gasteiger partial charge in [-0.3, -0.25) is 0 Å². The van der Waals surface area contributed by atoms with E-state index in [1.165, 1.54) is 0 Å². The second kappa shape index (κ2) is 3.53. The minimum absolute atomic E-state index is 0.387. The minimum Gasteiger partial charge on any atom is -0.192 e. The molecule has 0 N–H and O–H groups in total. The Balaban J connectivity index is 3.26. The molecule has 0 heterocycles. The van der Waals surface area contributed by atoms with Crippen molar-refractivity contribution in [1.82, 2.24) is 0 Å². The SMILES string of the molecule is N#Cc1ccccc1C(Cl)(Cl)Cl. The van der Waals surface area contributed by atoms with Crippen molar-refractivity contribution in [3.05, 3.63) is 35.4 Å². The van der Waals surface area contributed by atoms with Gasteiger partial charge < -0.3 is 0 Å². The molecule has 0 amide bonds. The van der Waals surface area contributed by atoms with Crippen LogP contribution in [0.15, 0.2) is 24.3 Å². The maximum Gasteiger partial charge on any atom is 0.217 e. The lowest BCUT2D eigenvalue weighted by molar-refractivity contribution is 1.22. The summed E-state index contributed by atoms with van der Waals surface area (Å²) in [6.07, 6.45) is 0. The number of hydrogen-bond acceptors (Lipinski definition) is 1. The summed E-state index contributed by atoms with van der Waals surface area (Å²) in [5.41, 5.74) is 0.801. The van der Waals surface area contributed by atoms with Crippen LogP contribution in [0.3, 0.4) is 0 Å². The summed E-state index contributed by atoms with van der Waals surface area (Å²) in [7, 11) is 0.